The number of carbonyl (C=O) groups excluding carboxylic acids is 3. The van der Waals surface area contributed by atoms with Crippen LogP contribution in [0.5, 0.6) is 5.75 Å². The van der Waals surface area contributed by atoms with Crippen molar-refractivity contribution in [1.29, 1.82) is 0 Å². The molecule has 0 spiro atoms. The van der Waals surface area contributed by atoms with Crippen LogP contribution in [0.2, 0.25) is 0 Å². The zero-order valence-corrected chi connectivity index (χ0v) is 24.7. The molecule has 3 rings (SSSR count). The smallest absolute Gasteiger partial charge is 0.227 e. The SMILES string of the molecule is C[C@H](CO)N1C[C@H](C)[C@@H](CN(C)C)Oc2ccc(NC(=O)CCCCCC(=O)Nc3ccccc3N)cc2CC1=O. The number of carbonyl (C=O) groups is 3. The van der Waals surface area contributed by atoms with E-state index in [0.29, 0.717) is 67.1 Å². The Morgan fingerprint density at radius 3 is 2.44 bits per heavy atom. The van der Waals surface area contributed by atoms with E-state index in [0.717, 1.165) is 6.42 Å². The summed E-state index contributed by atoms with van der Waals surface area (Å²) in [5, 5.41) is 15.5. The van der Waals surface area contributed by atoms with Gasteiger partial charge in [0, 0.05) is 43.1 Å². The molecule has 0 saturated carbocycles. The average molecular weight is 568 g/mol. The Morgan fingerprint density at radius 2 is 1.78 bits per heavy atom. The van der Waals surface area contributed by atoms with E-state index in [1.165, 1.54) is 0 Å². The second kappa shape index (κ2) is 15.4. The van der Waals surface area contributed by atoms with E-state index < -0.39 is 0 Å². The van der Waals surface area contributed by atoms with E-state index in [2.05, 4.69) is 22.5 Å². The van der Waals surface area contributed by atoms with Crippen LogP contribution in [0.15, 0.2) is 42.5 Å². The number of unbranched alkanes of at least 4 members (excludes halogenated alkanes) is 2. The van der Waals surface area contributed by atoms with Crippen LogP contribution in [0.25, 0.3) is 0 Å². The van der Waals surface area contributed by atoms with E-state index in [9.17, 15) is 19.5 Å². The van der Waals surface area contributed by atoms with Crippen molar-refractivity contribution in [2.24, 2.45) is 5.92 Å². The third-order valence-corrected chi connectivity index (χ3v) is 7.29. The largest absolute Gasteiger partial charge is 0.488 e. The van der Waals surface area contributed by atoms with Crippen molar-refractivity contribution in [3.05, 3.63) is 48.0 Å². The highest BCUT2D eigenvalue weighted by molar-refractivity contribution is 5.93. The fraction of sp³-hybridized carbons (Fsp3) is 0.516. The van der Waals surface area contributed by atoms with E-state index in [1.807, 2.05) is 39.2 Å². The molecule has 1 aliphatic heterocycles. The number of hydrogen-bond donors (Lipinski definition) is 4. The van der Waals surface area contributed by atoms with Crippen molar-refractivity contribution in [2.75, 3.05) is 50.2 Å². The number of anilines is 3. The van der Waals surface area contributed by atoms with Gasteiger partial charge in [0.25, 0.3) is 0 Å². The summed E-state index contributed by atoms with van der Waals surface area (Å²) in [4.78, 5) is 41.9. The number of rotatable bonds is 12. The number of benzene rings is 2. The third-order valence-electron chi connectivity index (χ3n) is 7.29. The predicted molar refractivity (Wildman–Crippen MR) is 162 cm³/mol. The summed E-state index contributed by atoms with van der Waals surface area (Å²) in [6, 6.07) is 12.2. The number of fused-ring (bicyclic) bond motifs is 1. The number of aliphatic hydroxyl groups excluding tert-OH is 1. The van der Waals surface area contributed by atoms with Crippen molar-refractivity contribution < 1.29 is 24.2 Å². The lowest BCUT2D eigenvalue weighted by Crippen LogP contribution is -2.47. The molecular formula is C31H45N5O5. The number of likely N-dealkylation sites (N-methyl/N-ethyl adjacent to an activating group) is 1. The first kappa shape index (κ1) is 31.9. The second-order valence-corrected chi connectivity index (χ2v) is 11.2. The summed E-state index contributed by atoms with van der Waals surface area (Å²) in [7, 11) is 3.97. The molecule has 41 heavy (non-hydrogen) atoms. The lowest BCUT2D eigenvalue weighted by molar-refractivity contribution is -0.134. The Kier molecular flexibility index (Phi) is 12.0. The summed E-state index contributed by atoms with van der Waals surface area (Å²) in [5.41, 5.74) is 8.30. The van der Waals surface area contributed by atoms with Gasteiger partial charge in [-0.25, -0.2) is 0 Å². The topological polar surface area (TPSA) is 137 Å². The van der Waals surface area contributed by atoms with Gasteiger partial charge in [0.1, 0.15) is 11.9 Å². The minimum Gasteiger partial charge on any atom is -0.488 e. The van der Waals surface area contributed by atoms with Crippen LogP contribution in [0.4, 0.5) is 17.1 Å². The number of aliphatic hydroxyl groups is 1. The van der Waals surface area contributed by atoms with Gasteiger partial charge in [0.2, 0.25) is 17.7 Å². The molecule has 0 aliphatic carbocycles. The monoisotopic (exact) mass is 567 g/mol. The quantitative estimate of drug-likeness (QED) is 0.228. The van der Waals surface area contributed by atoms with Crippen molar-refractivity contribution in [3.63, 3.8) is 0 Å². The standard InChI is InChI=1S/C31H45N5O5/c1-21-18-36(22(2)20-37)31(40)17-23-16-24(14-15-27(23)41-28(21)19-35(3)4)33-29(38)12-6-5-7-13-30(39)34-26-11-9-8-10-25(26)32/h8-11,14-16,21-22,28,37H,5-7,12-13,17-20,32H2,1-4H3,(H,33,38)(H,34,39)/t21-,22+,28+/m0/s1. The minimum atomic E-state index is -0.308. The predicted octanol–water partition coefficient (Wildman–Crippen LogP) is 3.51. The first-order chi connectivity index (χ1) is 19.6. The number of nitrogens with one attached hydrogen (secondary N) is 2. The summed E-state index contributed by atoms with van der Waals surface area (Å²) in [6.45, 7) is 4.94. The summed E-state index contributed by atoms with van der Waals surface area (Å²) in [6.07, 6.45) is 2.69. The molecule has 0 unspecified atom stereocenters. The van der Waals surface area contributed by atoms with Gasteiger partial charge in [-0.1, -0.05) is 25.5 Å². The number of nitrogens with two attached hydrogens (primary N) is 1. The fourth-order valence-corrected chi connectivity index (χ4v) is 4.88. The average Bonchev–Trinajstić information content (AvgIpc) is 2.96. The van der Waals surface area contributed by atoms with Crippen molar-refractivity contribution >= 4 is 34.8 Å². The molecule has 1 heterocycles. The number of hydrogen-bond acceptors (Lipinski definition) is 7. The van der Waals surface area contributed by atoms with Crippen LogP contribution in [0.3, 0.4) is 0 Å². The molecule has 0 radical (unpaired) electrons. The zero-order valence-electron chi connectivity index (χ0n) is 24.7. The molecule has 10 heteroatoms. The van der Waals surface area contributed by atoms with Gasteiger partial charge >= 0.3 is 0 Å². The highest BCUT2D eigenvalue weighted by atomic mass is 16.5. The molecule has 1 aliphatic rings. The molecule has 2 aromatic rings. The molecule has 0 fully saturated rings. The molecular weight excluding hydrogens is 522 g/mol. The van der Waals surface area contributed by atoms with E-state index in [-0.39, 0.29) is 48.8 Å². The number of para-hydroxylation sites is 2. The van der Waals surface area contributed by atoms with Gasteiger partial charge in [0.15, 0.2) is 0 Å². The second-order valence-electron chi connectivity index (χ2n) is 11.2. The summed E-state index contributed by atoms with van der Waals surface area (Å²) in [5.74, 6) is 0.356. The van der Waals surface area contributed by atoms with Gasteiger partial charge < -0.3 is 36.0 Å². The molecule has 0 saturated heterocycles. The number of nitrogen functional groups attached to an aromatic ring is 1. The first-order valence-corrected chi connectivity index (χ1v) is 14.4. The normalized spacial score (nSPS) is 18.0. The van der Waals surface area contributed by atoms with Gasteiger partial charge in [-0.05, 0) is 64.2 Å². The van der Waals surface area contributed by atoms with Crippen LogP contribution in [0.1, 0.15) is 51.5 Å². The molecule has 10 nitrogen and oxygen atoms in total. The Morgan fingerprint density at radius 1 is 1.10 bits per heavy atom. The molecule has 3 atom stereocenters. The maximum atomic E-state index is 13.3. The lowest BCUT2D eigenvalue weighted by Gasteiger charge is -2.33. The van der Waals surface area contributed by atoms with Crippen molar-refractivity contribution in [1.82, 2.24) is 9.80 Å². The maximum Gasteiger partial charge on any atom is 0.227 e. The maximum absolute atomic E-state index is 13.3. The molecule has 224 valence electrons. The van der Waals surface area contributed by atoms with E-state index in [1.54, 1.807) is 29.2 Å². The third kappa shape index (κ3) is 9.75. The van der Waals surface area contributed by atoms with Crippen LogP contribution < -0.4 is 21.1 Å². The van der Waals surface area contributed by atoms with Gasteiger partial charge in [0.05, 0.1) is 30.4 Å². The highest BCUT2D eigenvalue weighted by Crippen LogP contribution is 2.29. The van der Waals surface area contributed by atoms with E-state index in [4.69, 9.17) is 10.5 Å². The molecule has 3 amide bonds. The Labute approximate surface area is 243 Å². The summed E-state index contributed by atoms with van der Waals surface area (Å²) >= 11 is 0. The lowest BCUT2D eigenvalue weighted by atomic mass is 10.0. The van der Waals surface area contributed by atoms with Crippen molar-refractivity contribution in [3.8, 4) is 5.75 Å². The molecule has 5 N–H and O–H groups in total. The van der Waals surface area contributed by atoms with Gasteiger partial charge in [-0.2, -0.15) is 0 Å². The number of amides is 3. The number of ether oxygens (including phenoxy) is 1. The van der Waals surface area contributed by atoms with Crippen LogP contribution in [0, 0.1) is 5.92 Å². The Hall–Kier alpha value is -3.63. The minimum absolute atomic E-state index is 0.0447. The highest BCUT2D eigenvalue weighted by Gasteiger charge is 2.30. The van der Waals surface area contributed by atoms with Crippen LogP contribution in [-0.2, 0) is 20.8 Å². The number of nitrogens with zero attached hydrogens (tertiary/aromatic N) is 2. The van der Waals surface area contributed by atoms with Gasteiger partial charge in [-0.15, -0.1) is 0 Å². The molecule has 0 aromatic heterocycles. The van der Waals surface area contributed by atoms with Gasteiger partial charge in [-0.3, -0.25) is 14.4 Å². The Balaban J connectivity index is 1.56. The van der Waals surface area contributed by atoms with E-state index >= 15 is 0 Å². The zero-order chi connectivity index (χ0) is 29.9. The van der Waals surface area contributed by atoms with Crippen LogP contribution >= 0.6 is 0 Å². The first-order valence-electron chi connectivity index (χ1n) is 14.4. The van der Waals surface area contributed by atoms with Crippen LogP contribution in [-0.4, -0.2) is 78.6 Å². The van der Waals surface area contributed by atoms with Crippen molar-refractivity contribution in [2.45, 2.75) is 64.5 Å². The Bertz CT molecular complexity index is 1190. The molecule has 0 bridgehead atoms. The fourth-order valence-electron chi connectivity index (χ4n) is 4.88. The molecule has 2 aromatic carbocycles. The summed E-state index contributed by atoms with van der Waals surface area (Å²) < 4.78 is 6.43.